The summed E-state index contributed by atoms with van der Waals surface area (Å²) >= 11 is 7.72. The quantitative estimate of drug-likeness (QED) is 0.195. The van der Waals surface area contributed by atoms with E-state index >= 15 is 0 Å². The van der Waals surface area contributed by atoms with Crippen LogP contribution >= 0.6 is 23.4 Å². The lowest BCUT2D eigenvalue weighted by molar-refractivity contribution is -0.142. The standard InChI is InChI=1S/C29H39ClN4O2S.C2H6.C2H4.CH2O/c1-5-7-9-24-22(19-32-25(24)6-2)14-17-33(3)28(35)20-34-16-8-10-26(29(34)36)31-15-13-21-11-12-23(30)18-27(21)37-4;3*1-2/h5,7,11-13,15,18-19,26,31-32H,6,8-10,14,16-17,20H2,1-4H3;1-2H3;1-2H2;1H2/b7-5-,15-13+;;;. The summed E-state index contributed by atoms with van der Waals surface area (Å²) in [6.45, 7) is 17.5. The number of allylic oxidation sites excluding steroid dienone is 2. The Kier molecular flexibility index (Phi) is 21.5. The number of hydrogen-bond donors (Lipinski definition) is 2. The first-order chi connectivity index (χ1) is 20.9. The number of carbonyl (C=O) groups excluding carboxylic acids is 3. The second-order valence-corrected chi connectivity index (χ2v) is 10.6. The van der Waals surface area contributed by atoms with Crippen molar-refractivity contribution in [3.63, 3.8) is 0 Å². The minimum Gasteiger partial charge on any atom is -0.380 e. The summed E-state index contributed by atoms with van der Waals surface area (Å²) in [5, 5.41) is 3.95. The highest BCUT2D eigenvalue weighted by Crippen LogP contribution is 2.25. The molecule has 0 radical (unpaired) electrons. The number of nitrogens with zero attached hydrogens (tertiary/aromatic N) is 2. The zero-order valence-corrected chi connectivity index (χ0v) is 28.5. The number of likely N-dealkylation sites (N-methyl/N-ethyl adjacent to an activating group) is 1. The van der Waals surface area contributed by atoms with Crippen LogP contribution in [0.15, 0.2) is 60.8 Å². The smallest absolute Gasteiger partial charge is 0.245 e. The van der Waals surface area contributed by atoms with Gasteiger partial charge in [-0.15, -0.1) is 24.9 Å². The van der Waals surface area contributed by atoms with E-state index in [4.69, 9.17) is 16.4 Å². The van der Waals surface area contributed by atoms with Crippen LogP contribution in [-0.2, 0) is 33.6 Å². The second-order valence-electron chi connectivity index (χ2n) is 9.30. The number of aromatic nitrogens is 1. The molecule has 2 amide bonds. The average molecular weight is 631 g/mol. The number of aryl methyl sites for hydroxylation is 1. The molecule has 1 unspecified atom stereocenters. The first-order valence-electron chi connectivity index (χ1n) is 14.7. The summed E-state index contributed by atoms with van der Waals surface area (Å²) in [6, 6.07) is 5.44. The number of rotatable bonds is 12. The fourth-order valence-corrected chi connectivity index (χ4v) is 5.45. The van der Waals surface area contributed by atoms with Gasteiger partial charge in [0.25, 0.3) is 0 Å². The highest BCUT2D eigenvalue weighted by atomic mass is 35.5. The third-order valence-electron chi connectivity index (χ3n) is 6.84. The van der Waals surface area contributed by atoms with Gasteiger partial charge in [0, 0.05) is 41.9 Å². The number of aromatic amines is 1. The third-order valence-corrected chi connectivity index (χ3v) is 7.87. The third kappa shape index (κ3) is 12.9. The normalized spacial score (nSPS) is 14.3. The fraction of sp³-hybridized carbons (Fsp3) is 0.441. The van der Waals surface area contributed by atoms with E-state index < -0.39 is 0 Å². The molecule has 1 fully saturated rings. The van der Waals surface area contributed by atoms with E-state index in [1.54, 1.807) is 21.6 Å². The van der Waals surface area contributed by atoms with Crippen molar-refractivity contribution in [3.05, 3.63) is 83.3 Å². The number of likely N-dealkylation sites (tertiary alicyclic amines) is 1. The van der Waals surface area contributed by atoms with Crippen LogP contribution in [-0.4, -0.2) is 72.4 Å². The summed E-state index contributed by atoms with van der Waals surface area (Å²) in [7, 11) is 1.82. The van der Waals surface area contributed by atoms with Gasteiger partial charge >= 0.3 is 0 Å². The monoisotopic (exact) mass is 630 g/mol. The van der Waals surface area contributed by atoms with Gasteiger partial charge in [0.05, 0.1) is 6.54 Å². The van der Waals surface area contributed by atoms with Crippen LogP contribution < -0.4 is 5.32 Å². The predicted molar refractivity (Wildman–Crippen MR) is 185 cm³/mol. The van der Waals surface area contributed by atoms with Crippen molar-refractivity contribution in [3.8, 4) is 0 Å². The van der Waals surface area contributed by atoms with Crippen molar-refractivity contribution >= 4 is 48.0 Å². The van der Waals surface area contributed by atoms with Gasteiger partial charge in [-0.25, -0.2) is 0 Å². The number of halogens is 1. The summed E-state index contributed by atoms with van der Waals surface area (Å²) in [5.41, 5.74) is 4.89. The highest BCUT2D eigenvalue weighted by Gasteiger charge is 2.29. The number of amides is 2. The van der Waals surface area contributed by atoms with Crippen LogP contribution in [0.5, 0.6) is 0 Å². The van der Waals surface area contributed by atoms with Gasteiger partial charge in [0.15, 0.2) is 0 Å². The minimum absolute atomic E-state index is 0.0225. The van der Waals surface area contributed by atoms with Crippen molar-refractivity contribution in [2.24, 2.45) is 0 Å². The molecule has 2 heterocycles. The molecule has 1 aliphatic rings. The topological polar surface area (TPSA) is 85.5 Å². The van der Waals surface area contributed by atoms with E-state index in [2.05, 4.69) is 48.7 Å². The Morgan fingerprint density at radius 3 is 2.60 bits per heavy atom. The first kappa shape index (κ1) is 39.8. The fourth-order valence-electron chi connectivity index (χ4n) is 4.60. The SMILES string of the molecule is C/C=C\Cc1c(CCN(C)C(=O)CN2CCCC(N/C=C/c3ccc(Cl)cc3SC)C2=O)c[nH]c1CC.C=C.C=O.CC. The number of piperidine rings is 1. The van der Waals surface area contributed by atoms with Gasteiger partial charge in [-0.05, 0) is 86.4 Å². The summed E-state index contributed by atoms with van der Waals surface area (Å²) < 4.78 is 0. The number of H-pyrrole nitrogens is 1. The lowest BCUT2D eigenvalue weighted by atomic mass is 10.0. The van der Waals surface area contributed by atoms with Gasteiger partial charge in [-0.3, -0.25) is 9.59 Å². The van der Waals surface area contributed by atoms with E-state index in [1.807, 2.05) is 71.3 Å². The largest absolute Gasteiger partial charge is 0.380 e. The van der Waals surface area contributed by atoms with Crippen molar-refractivity contribution in [2.75, 3.05) is 32.9 Å². The lowest BCUT2D eigenvalue weighted by Gasteiger charge is -2.33. The minimum atomic E-state index is -0.324. The van der Waals surface area contributed by atoms with E-state index in [-0.39, 0.29) is 24.4 Å². The van der Waals surface area contributed by atoms with Gasteiger partial charge < -0.3 is 24.9 Å². The summed E-state index contributed by atoms with van der Waals surface area (Å²) in [6.07, 6.45) is 16.4. The molecular formula is C34H51ClN4O3S. The lowest BCUT2D eigenvalue weighted by Crippen LogP contribution is -2.52. The number of hydrogen-bond acceptors (Lipinski definition) is 5. The molecule has 2 N–H and O–H groups in total. The van der Waals surface area contributed by atoms with Gasteiger partial charge in [0.1, 0.15) is 12.8 Å². The average Bonchev–Trinajstić information content (AvgIpc) is 3.45. The molecule has 1 aromatic heterocycles. The Hall–Kier alpha value is -3.23. The molecule has 7 nitrogen and oxygen atoms in total. The molecule has 1 atom stereocenters. The maximum Gasteiger partial charge on any atom is 0.245 e. The molecular weight excluding hydrogens is 580 g/mol. The molecule has 1 aliphatic heterocycles. The number of thioether (sulfide) groups is 1. The Morgan fingerprint density at radius 2 is 1.98 bits per heavy atom. The molecule has 0 aliphatic carbocycles. The van der Waals surface area contributed by atoms with Crippen LogP contribution in [0.1, 0.15) is 62.9 Å². The molecule has 3 rings (SSSR count). The molecule has 1 aromatic carbocycles. The number of carbonyl (C=O) groups is 3. The van der Waals surface area contributed by atoms with E-state index in [0.29, 0.717) is 18.1 Å². The van der Waals surface area contributed by atoms with E-state index in [0.717, 1.165) is 42.6 Å². The predicted octanol–water partition coefficient (Wildman–Crippen LogP) is 6.97. The Bertz CT molecular complexity index is 1160. The van der Waals surface area contributed by atoms with Crippen LogP contribution in [0.4, 0.5) is 0 Å². The van der Waals surface area contributed by atoms with Crippen molar-refractivity contribution in [1.29, 1.82) is 0 Å². The molecule has 0 spiro atoms. The van der Waals surface area contributed by atoms with E-state index in [1.165, 1.54) is 16.8 Å². The van der Waals surface area contributed by atoms with Gasteiger partial charge in [0.2, 0.25) is 11.8 Å². The Morgan fingerprint density at radius 1 is 1.28 bits per heavy atom. The van der Waals surface area contributed by atoms with Crippen LogP contribution in [0.3, 0.4) is 0 Å². The van der Waals surface area contributed by atoms with Crippen molar-refractivity contribution in [2.45, 2.75) is 70.7 Å². The summed E-state index contributed by atoms with van der Waals surface area (Å²) in [4.78, 5) is 41.9. The van der Waals surface area contributed by atoms with Crippen molar-refractivity contribution < 1.29 is 14.4 Å². The molecule has 238 valence electrons. The maximum atomic E-state index is 13.1. The van der Waals surface area contributed by atoms with E-state index in [9.17, 15) is 9.59 Å². The molecule has 43 heavy (non-hydrogen) atoms. The van der Waals surface area contributed by atoms with Crippen LogP contribution in [0.2, 0.25) is 5.02 Å². The zero-order chi connectivity index (χ0) is 32.8. The number of benzene rings is 1. The molecule has 0 saturated carbocycles. The zero-order valence-electron chi connectivity index (χ0n) is 26.9. The molecule has 9 heteroatoms. The Balaban J connectivity index is 0.00000276. The van der Waals surface area contributed by atoms with Crippen molar-refractivity contribution in [1.82, 2.24) is 20.1 Å². The first-order valence-corrected chi connectivity index (χ1v) is 16.3. The van der Waals surface area contributed by atoms with Gasteiger partial charge in [-0.1, -0.05) is 50.6 Å². The molecule has 1 saturated heterocycles. The number of nitrogens with one attached hydrogen (secondary N) is 2. The van der Waals surface area contributed by atoms with Gasteiger partial charge in [-0.2, -0.15) is 0 Å². The maximum absolute atomic E-state index is 13.1. The molecule has 0 bridgehead atoms. The van der Waals surface area contributed by atoms with Crippen LogP contribution in [0, 0.1) is 0 Å². The second kappa shape index (κ2) is 23.3. The Labute approximate surface area is 268 Å². The summed E-state index contributed by atoms with van der Waals surface area (Å²) in [5.74, 6) is -0.0534. The highest BCUT2D eigenvalue weighted by molar-refractivity contribution is 7.98. The van der Waals surface area contributed by atoms with Crippen LogP contribution in [0.25, 0.3) is 6.08 Å². The molecule has 2 aromatic rings.